The van der Waals surface area contributed by atoms with Gasteiger partial charge >= 0.3 is 0 Å². The fraction of sp³-hybridized carbons (Fsp3) is 0.873. The number of hydrogen-bond acceptors (Lipinski definition) is 6. The molecule has 0 aromatic rings. The molecule has 6 aliphatic carbocycles. The van der Waals surface area contributed by atoms with Crippen molar-refractivity contribution in [1.82, 2.24) is 0 Å². The van der Waals surface area contributed by atoms with E-state index in [2.05, 4.69) is 126 Å². The highest BCUT2D eigenvalue weighted by molar-refractivity contribution is 6.74. The Morgan fingerprint density at radius 3 is 1.35 bits per heavy atom. The molecule has 6 fully saturated rings. The molecule has 9 heteroatoms. The van der Waals surface area contributed by atoms with E-state index in [0.29, 0.717) is 17.3 Å². The van der Waals surface area contributed by atoms with Crippen molar-refractivity contribution in [3.05, 3.63) is 46.6 Å². The van der Waals surface area contributed by atoms with E-state index in [1.165, 1.54) is 121 Å². The van der Waals surface area contributed by atoms with Crippen LogP contribution in [0.15, 0.2) is 46.6 Å². The predicted molar refractivity (Wildman–Crippen MR) is 315 cm³/mol. The fourth-order valence-electron chi connectivity index (χ4n) is 13.8. The SMILES string of the molecule is CC(C)(CCC[C@H]1CC[C@]2(CCC/C(=C/C=C3C[C@@H](O[Si](C)(C)C(C)(C)C)C[C@H](O[Si](C)(C)C(C)(C)C)C3)C2)C1)O[Si](C)(C)C.CC(C)(O)CCC[C@H]1CC[C@]2(CCC/C(=C/C=C3C[C@@H](O)C[C@H](O)C3)C2)C1. The molecule has 6 rings (SSSR count). The minimum Gasteiger partial charge on any atom is -0.414 e. The maximum absolute atomic E-state index is 9.92. The number of allylic oxidation sites excluding steroid dienone is 6. The van der Waals surface area contributed by atoms with E-state index >= 15 is 0 Å². The lowest BCUT2D eigenvalue weighted by molar-refractivity contribution is 0.0608. The van der Waals surface area contributed by atoms with E-state index in [0.717, 1.165) is 56.8 Å². The summed E-state index contributed by atoms with van der Waals surface area (Å²) in [6, 6.07) is 0. The fourth-order valence-corrected chi connectivity index (χ4v) is 18.3. The second-order valence-corrected chi connectivity index (χ2v) is 44.7. The maximum Gasteiger partial charge on any atom is 0.192 e. The van der Waals surface area contributed by atoms with Gasteiger partial charge in [0.25, 0.3) is 0 Å². The first-order chi connectivity index (χ1) is 33.0. The molecule has 0 unspecified atom stereocenters. The molecule has 72 heavy (non-hydrogen) atoms. The Bertz CT molecular complexity index is 1800. The van der Waals surface area contributed by atoms with Crippen LogP contribution in [0.4, 0.5) is 0 Å². The van der Waals surface area contributed by atoms with Crippen LogP contribution in [0.3, 0.4) is 0 Å². The second kappa shape index (κ2) is 25.0. The molecule has 8 atom stereocenters. The van der Waals surface area contributed by atoms with Crippen molar-refractivity contribution in [3.8, 4) is 0 Å². The lowest BCUT2D eigenvalue weighted by Gasteiger charge is -2.45. The van der Waals surface area contributed by atoms with E-state index in [4.69, 9.17) is 13.3 Å². The Labute approximate surface area is 448 Å². The van der Waals surface area contributed by atoms with E-state index < -0.39 is 30.6 Å². The highest BCUT2D eigenvalue weighted by Crippen LogP contribution is 2.55. The summed E-state index contributed by atoms with van der Waals surface area (Å²) < 4.78 is 20.6. The highest BCUT2D eigenvalue weighted by atomic mass is 28.4. The van der Waals surface area contributed by atoms with Crippen LogP contribution in [0.1, 0.15) is 236 Å². The molecule has 416 valence electrons. The van der Waals surface area contributed by atoms with E-state index in [1.54, 1.807) is 16.7 Å². The van der Waals surface area contributed by atoms with Crippen molar-refractivity contribution in [1.29, 1.82) is 0 Å². The van der Waals surface area contributed by atoms with Crippen LogP contribution in [0.25, 0.3) is 0 Å². The number of hydrogen-bond donors (Lipinski definition) is 3. The van der Waals surface area contributed by atoms with Crippen molar-refractivity contribution in [2.45, 2.75) is 328 Å². The molecular weight excluding hydrogens is 937 g/mol. The van der Waals surface area contributed by atoms with Gasteiger partial charge < -0.3 is 28.6 Å². The molecule has 6 nitrogen and oxygen atoms in total. The van der Waals surface area contributed by atoms with Gasteiger partial charge in [0.2, 0.25) is 0 Å². The highest BCUT2D eigenvalue weighted by Gasteiger charge is 2.45. The molecular formula is C63H116O6Si3. The van der Waals surface area contributed by atoms with Gasteiger partial charge in [-0.2, -0.15) is 0 Å². The molecule has 0 radical (unpaired) electrons. The first-order valence-electron chi connectivity index (χ1n) is 29.9. The Balaban J connectivity index is 0.000000302. The van der Waals surface area contributed by atoms with Crippen LogP contribution in [0.2, 0.25) is 55.9 Å². The predicted octanol–water partition coefficient (Wildman–Crippen LogP) is 18.0. The Hall–Kier alpha value is -0.629. The van der Waals surface area contributed by atoms with Crippen LogP contribution in [0.5, 0.6) is 0 Å². The molecule has 0 aromatic carbocycles. The first-order valence-corrected chi connectivity index (χ1v) is 39.2. The largest absolute Gasteiger partial charge is 0.414 e. The Morgan fingerprint density at radius 2 is 0.944 bits per heavy atom. The van der Waals surface area contributed by atoms with Gasteiger partial charge in [0, 0.05) is 0 Å². The van der Waals surface area contributed by atoms with Crippen molar-refractivity contribution in [2.75, 3.05) is 0 Å². The summed E-state index contributed by atoms with van der Waals surface area (Å²) in [5.74, 6) is 1.75. The molecule has 0 heterocycles. The van der Waals surface area contributed by atoms with E-state index in [9.17, 15) is 15.3 Å². The topological polar surface area (TPSA) is 88.4 Å². The van der Waals surface area contributed by atoms with Crippen molar-refractivity contribution < 1.29 is 28.6 Å². The Morgan fingerprint density at radius 1 is 0.542 bits per heavy atom. The van der Waals surface area contributed by atoms with Crippen LogP contribution in [0, 0.1) is 22.7 Å². The number of aliphatic hydroxyl groups excluding tert-OH is 2. The van der Waals surface area contributed by atoms with Crippen LogP contribution >= 0.6 is 0 Å². The van der Waals surface area contributed by atoms with Gasteiger partial charge in [-0.15, -0.1) is 0 Å². The third-order valence-electron chi connectivity index (χ3n) is 19.3. The second-order valence-electron chi connectivity index (χ2n) is 30.7. The van der Waals surface area contributed by atoms with Crippen molar-refractivity contribution >= 4 is 25.0 Å². The summed E-state index contributed by atoms with van der Waals surface area (Å²) in [5.41, 5.74) is 6.61. The summed E-state index contributed by atoms with van der Waals surface area (Å²) in [5, 5.41) is 30.1. The average Bonchev–Trinajstić information content (AvgIpc) is 3.78. The summed E-state index contributed by atoms with van der Waals surface area (Å²) in [4.78, 5) is 0. The van der Waals surface area contributed by atoms with E-state index in [1.807, 2.05) is 13.8 Å². The molecule has 0 amide bonds. The number of rotatable bonds is 16. The molecule has 3 N–H and O–H groups in total. The van der Waals surface area contributed by atoms with Gasteiger partial charge in [0.05, 0.1) is 35.6 Å². The molecule has 0 bridgehead atoms. The third-order valence-corrected chi connectivity index (χ3v) is 29.5. The standard InChI is InChI=1S/C39H76O3Si3.C24H40O3/c1-36(2,3)44(12,13)40-34-26-33(27-35(28-34)41-45(14,15)37(4,5)6)21-20-31-19-17-24-39(29-31)25-22-32(30-39)18-16-23-38(7,8)42-43(9,10)11;1-23(2,27)10-3-5-19-9-12-24(17-19)11-4-6-18(16-24)7-8-20-13-21(25)15-22(26)14-20/h20-21,32,34-35H,16-19,22-30H2,1-15H3;7-8,19,21-22,25-27H,3-6,9-17H2,1-2H3/b31-20-;18-7-/t32-,34+,35+,39-;19-,21+,22+,24-/m00/s1. The van der Waals surface area contributed by atoms with Gasteiger partial charge in [-0.05, 0) is 248 Å². The molecule has 2 spiro atoms. The first kappa shape index (κ1) is 62.2. The molecule has 0 aromatic heterocycles. The monoisotopic (exact) mass is 1050 g/mol. The number of aliphatic hydroxyl groups is 3. The van der Waals surface area contributed by atoms with Crippen LogP contribution in [-0.2, 0) is 13.3 Å². The van der Waals surface area contributed by atoms with Crippen LogP contribution in [-0.4, -0.2) is 75.9 Å². The maximum atomic E-state index is 9.92. The molecule has 6 saturated carbocycles. The molecule has 6 aliphatic rings. The van der Waals surface area contributed by atoms with Gasteiger partial charge in [-0.1, -0.05) is 114 Å². The average molecular weight is 1050 g/mol. The molecule has 0 saturated heterocycles. The summed E-state index contributed by atoms with van der Waals surface area (Å²) in [7, 11) is -5.21. The normalized spacial score (nSPS) is 31.7. The lowest BCUT2D eigenvalue weighted by atomic mass is 9.70. The Kier molecular flexibility index (Phi) is 21.6. The summed E-state index contributed by atoms with van der Waals surface area (Å²) in [6.45, 7) is 39.2. The minimum atomic E-state index is -1.85. The zero-order valence-electron chi connectivity index (χ0n) is 50.2. The van der Waals surface area contributed by atoms with E-state index in [-0.39, 0.29) is 40.1 Å². The van der Waals surface area contributed by atoms with Crippen molar-refractivity contribution in [2.24, 2.45) is 22.7 Å². The zero-order valence-corrected chi connectivity index (χ0v) is 53.2. The zero-order chi connectivity index (χ0) is 53.6. The van der Waals surface area contributed by atoms with Gasteiger partial charge in [-0.25, -0.2) is 0 Å². The van der Waals surface area contributed by atoms with Crippen LogP contribution < -0.4 is 0 Å². The van der Waals surface area contributed by atoms with Gasteiger partial charge in [0.15, 0.2) is 25.0 Å². The minimum absolute atomic E-state index is 0.0254. The summed E-state index contributed by atoms with van der Waals surface area (Å²) >= 11 is 0. The van der Waals surface area contributed by atoms with Gasteiger partial charge in [0.1, 0.15) is 0 Å². The summed E-state index contributed by atoms with van der Waals surface area (Å²) in [6.07, 6.45) is 40.6. The van der Waals surface area contributed by atoms with Crippen molar-refractivity contribution in [3.63, 3.8) is 0 Å². The smallest absolute Gasteiger partial charge is 0.192 e. The quantitative estimate of drug-likeness (QED) is 0.134. The molecule has 0 aliphatic heterocycles. The third kappa shape index (κ3) is 20.0. The lowest BCUT2D eigenvalue weighted by Crippen LogP contribution is -2.48. The van der Waals surface area contributed by atoms with Gasteiger partial charge in [-0.3, -0.25) is 0 Å².